The van der Waals surface area contributed by atoms with E-state index in [-0.39, 0.29) is 12.5 Å². The molecule has 1 aromatic carbocycles. The second-order valence-corrected chi connectivity index (χ2v) is 6.05. The van der Waals surface area contributed by atoms with Crippen LogP contribution in [0, 0.1) is 5.92 Å². The summed E-state index contributed by atoms with van der Waals surface area (Å²) in [5, 5.41) is -1.60. The molecule has 2 atom stereocenters. The summed E-state index contributed by atoms with van der Waals surface area (Å²) < 4.78 is 25.1. The number of carbonyl (C=O) groups is 1. The van der Waals surface area contributed by atoms with E-state index in [9.17, 15) is 13.6 Å². The van der Waals surface area contributed by atoms with E-state index in [4.69, 9.17) is 0 Å². The van der Waals surface area contributed by atoms with Crippen LogP contribution >= 0.6 is 11.6 Å². The smallest absolute Gasteiger partial charge is 0.349 e. The van der Waals surface area contributed by atoms with Crippen LogP contribution in [0.25, 0.3) is 0 Å². The van der Waals surface area contributed by atoms with Gasteiger partial charge in [-0.05, 0) is 36.4 Å². The van der Waals surface area contributed by atoms with Crippen molar-refractivity contribution in [1.82, 2.24) is 10.2 Å². The highest BCUT2D eigenvalue weighted by Gasteiger charge is 2.37. The fourth-order valence-corrected chi connectivity index (χ4v) is 2.81. The van der Waals surface area contributed by atoms with Crippen molar-refractivity contribution in [2.24, 2.45) is 5.92 Å². The Morgan fingerprint density at radius 2 is 2.10 bits per heavy atom. The lowest BCUT2D eigenvalue weighted by Gasteiger charge is -2.21. The lowest BCUT2D eigenvalue weighted by Crippen LogP contribution is -2.39. The minimum absolute atomic E-state index is 0.173. The first-order chi connectivity index (χ1) is 9.86. The summed E-state index contributed by atoms with van der Waals surface area (Å²) in [6.45, 7) is 3.96. The Labute approximate surface area is 128 Å². The van der Waals surface area contributed by atoms with Crippen LogP contribution in [-0.4, -0.2) is 35.3 Å². The highest BCUT2D eigenvalue weighted by molar-refractivity contribution is 6.32. The molecule has 116 valence electrons. The molecule has 3 nitrogen and oxygen atoms in total. The van der Waals surface area contributed by atoms with Crippen molar-refractivity contribution < 1.29 is 13.6 Å². The summed E-state index contributed by atoms with van der Waals surface area (Å²) in [5.41, 5.74) is 1.22. The Bertz CT molecular complexity index is 478. The number of carbonyl (C=O) groups excluding carboxylic acids is 1. The predicted molar refractivity (Wildman–Crippen MR) is 78.2 cm³/mol. The predicted octanol–water partition coefficient (Wildman–Crippen LogP) is 2.84. The van der Waals surface area contributed by atoms with Crippen molar-refractivity contribution in [2.45, 2.75) is 31.3 Å². The van der Waals surface area contributed by atoms with Crippen LogP contribution < -0.4 is 5.32 Å². The molecule has 1 N–H and O–H groups in total. The largest absolute Gasteiger partial charge is 0.399 e. The van der Waals surface area contributed by atoms with Crippen LogP contribution in [0.4, 0.5) is 8.78 Å². The molecule has 1 aliphatic heterocycles. The quantitative estimate of drug-likeness (QED) is 0.847. The molecule has 0 aromatic heterocycles. The van der Waals surface area contributed by atoms with Crippen molar-refractivity contribution in [1.29, 1.82) is 0 Å². The minimum atomic E-state index is -3.83. The zero-order chi connectivity index (χ0) is 15.5. The first-order valence-electron chi connectivity index (χ1n) is 6.99. The average molecular weight is 317 g/mol. The van der Waals surface area contributed by atoms with E-state index in [1.54, 1.807) is 0 Å². The number of hydrogen-bond acceptors (Lipinski definition) is 2. The van der Waals surface area contributed by atoms with Gasteiger partial charge in [0.25, 0.3) is 0 Å². The van der Waals surface area contributed by atoms with Crippen molar-refractivity contribution >= 4 is 17.5 Å². The van der Waals surface area contributed by atoms with E-state index < -0.39 is 11.3 Å². The van der Waals surface area contributed by atoms with Gasteiger partial charge >= 0.3 is 11.3 Å². The van der Waals surface area contributed by atoms with Crippen molar-refractivity contribution in [2.75, 3.05) is 13.1 Å². The maximum absolute atomic E-state index is 12.6. The van der Waals surface area contributed by atoms with Crippen LogP contribution in [0.5, 0.6) is 0 Å². The zero-order valence-electron chi connectivity index (χ0n) is 11.9. The zero-order valence-corrected chi connectivity index (χ0v) is 12.6. The summed E-state index contributed by atoms with van der Waals surface area (Å²) in [7, 11) is 0. The van der Waals surface area contributed by atoms with Crippen LogP contribution in [-0.2, 0) is 11.3 Å². The maximum atomic E-state index is 12.6. The van der Waals surface area contributed by atoms with Gasteiger partial charge < -0.3 is 5.32 Å². The molecule has 1 saturated heterocycles. The molecule has 1 amide bonds. The Kier molecular flexibility index (Phi) is 5.17. The lowest BCUT2D eigenvalue weighted by molar-refractivity contribution is -0.135. The summed E-state index contributed by atoms with van der Waals surface area (Å²) >= 11 is 4.68. The summed E-state index contributed by atoms with van der Waals surface area (Å²) in [6.07, 6.45) is 0.876. The van der Waals surface area contributed by atoms with E-state index in [0.29, 0.717) is 6.04 Å². The van der Waals surface area contributed by atoms with E-state index in [1.165, 1.54) is 5.56 Å². The average Bonchev–Trinajstić information content (AvgIpc) is 2.76. The lowest BCUT2D eigenvalue weighted by atomic mass is 10.1. The van der Waals surface area contributed by atoms with Gasteiger partial charge in [0.2, 0.25) is 0 Å². The topological polar surface area (TPSA) is 32.3 Å². The molecule has 6 heteroatoms. The number of alkyl halides is 3. The fraction of sp³-hybridized carbons (Fsp3) is 0.533. The molecule has 1 fully saturated rings. The van der Waals surface area contributed by atoms with E-state index in [2.05, 4.69) is 40.9 Å². The van der Waals surface area contributed by atoms with Crippen LogP contribution in [0.1, 0.15) is 18.9 Å². The highest BCUT2D eigenvalue weighted by Crippen LogP contribution is 2.25. The van der Waals surface area contributed by atoms with Crippen LogP contribution in [0.3, 0.4) is 0 Å². The second-order valence-electron chi connectivity index (χ2n) is 5.57. The number of benzene rings is 1. The molecule has 21 heavy (non-hydrogen) atoms. The second kappa shape index (κ2) is 6.71. The maximum Gasteiger partial charge on any atom is 0.399 e. The monoisotopic (exact) mass is 316 g/mol. The third kappa shape index (κ3) is 4.64. The third-order valence-corrected chi connectivity index (χ3v) is 4.00. The van der Waals surface area contributed by atoms with Crippen LogP contribution in [0.2, 0.25) is 0 Å². The van der Waals surface area contributed by atoms with Gasteiger partial charge in [0, 0.05) is 25.7 Å². The van der Waals surface area contributed by atoms with Gasteiger partial charge in [-0.15, -0.1) is 0 Å². The van der Waals surface area contributed by atoms with Gasteiger partial charge in [0.1, 0.15) is 0 Å². The van der Waals surface area contributed by atoms with Crippen molar-refractivity contribution in [3.63, 3.8) is 0 Å². The Morgan fingerprint density at radius 3 is 2.71 bits per heavy atom. The van der Waals surface area contributed by atoms with Crippen LogP contribution in [0.15, 0.2) is 30.3 Å². The molecule has 1 aliphatic rings. The molecule has 1 heterocycles. The molecule has 0 saturated carbocycles. The molecular formula is C15H19ClF2N2O. The van der Waals surface area contributed by atoms with Gasteiger partial charge in [-0.25, -0.2) is 0 Å². The SMILES string of the molecule is C[C@H]1C[C@@H](CNC(=O)C(F)(F)Cl)CN1Cc1ccccc1. The van der Waals surface area contributed by atoms with Crippen molar-refractivity contribution in [3.05, 3.63) is 35.9 Å². The Morgan fingerprint density at radius 1 is 1.43 bits per heavy atom. The van der Waals surface area contributed by atoms with Gasteiger partial charge in [-0.3, -0.25) is 9.69 Å². The first kappa shape index (κ1) is 16.2. The Hall–Kier alpha value is -1.20. The number of nitrogens with zero attached hydrogens (tertiary/aromatic N) is 1. The number of likely N-dealkylation sites (tertiary alicyclic amines) is 1. The molecule has 0 unspecified atom stereocenters. The number of rotatable bonds is 5. The number of nitrogens with one attached hydrogen (secondary N) is 1. The van der Waals surface area contributed by atoms with Gasteiger partial charge in [0.15, 0.2) is 0 Å². The minimum Gasteiger partial charge on any atom is -0.349 e. The normalized spacial score (nSPS) is 23.2. The van der Waals surface area contributed by atoms with E-state index in [0.717, 1.165) is 19.5 Å². The molecular weight excluding hydrogens is 298 g/mol. The number of hydrogen-bond donors (Lipinski definition) is 1. The molecule has 1 aromatic rings. The van der Waals surface area contributed by atoms with Crippen molar-refractivity contribution in [3.8, 4) is 0 Å². The van der Waals surface area contributed by atoms with Gasteiger partial charge in [-0.1, -0.05) is 30.3 Å². The molecule has 0 aliphatic carbocycles. The standard InChI is InChI=1S/C15H19ClF2N2O/c1-11-7-13(8-19-14(21)15(16,17)18)10-20(11)9-12-5-3-2-4-6-12/h2-6,11,13H,7-10H2,1H3,(H,19,21)/t11-,13-/m0/s1. The molecule has 2 rings (SSSR count). The molecule has 0 spiro atoms. The van der Waals surface area contributed by atoms with Gasteiger partial charge in [0.05, 0.1) is 0 Å². The number of halogens is 3. The molecule has 0 bridgehead atoms. The third-order valence-electron chi connectivity index (χ3n) is 3.83. The summed E-state index contributed by atoms with van der Waals surface area (Å²) in [6, 6.07) is 10.5. The molecule has 0 radical (unpaired) electrons. The summed E-state index contributed by atoms with van der Waals surface area (Å²) in [4.78, 5) is 13.4. The van der Waals surface area contributed by atoms with Gasteiger partial charge in [-0.2, -0.15) is 8.78 Å². The fourth-order valence-electron chi connectivity index (χ4n) is 2.74. The Balaban J connectivity index is 1.82. The van der Waals surface area contributed by atoms with E-state index >= 15 is 0 Å². The highest BCUT2D eigenvalue weighted by atomic mass is 35.5. The number of amides is 1. The summed E-state index contributed by atoms with van der Waals surface area (Å²) in [5.74, 6) is -1.25. The van der Waals surface area contributed by atoms with E-state index in [1.807, 2.05) is 18.2 Å². The first-order valence-corrected chi connectivity index (χ1v) is 7.37.